The first-order valence-corrected chi connectivity index (χ1v) is 7.39. The zero-order chi connectivity index (χ0) is 6.74. The highest BCUT2D eigenvalue weighted by atomic mass is 28.3. The molecule has 0 saturated carbocycles. The van der Waals surface area contributed by atoms with Gasteiger partial charge in [0.2, 0.25) is 0 Å². The van der Waals surface area contributed by atoms with Crippen LogP contribution in [0.25, 0.3) is 0 Å². The Morgan fingerprint density at radius 3 is 2.22 bits per heavy atom. The van der Waals surface area contributed by atoms with Crippen molar-refractivity contribution in [2.75, 3.05) is 0 Å². The van der Waals surface area contributed by atoms with Crippen LogP contribution in [0.1, 0.15) is 26.2 Å². The molecule has 0 N–H and O–H groups in total. The van der Waals surface area contributed by atoms with E-state index in [4.69, 9.17) is 0 Å². The van der Waals surface area contributed by atoms with Crippen molar-refractivity contribution in [3.8, 4) is 0 Å². The lowest BCUT2D eigenvalue weighted by atomic mass is 10.4. The molecule has 0 aromatic carbocycles. The van der Waals surface area contributed by atoms with Crippen LogP contribution in [0.5, 0.6) is 0 Å². The first-order valence-electron chi connectivity index (χ1n) is 4.27. The van der Waals surface area contributed by atoms with Gasteiger partial charge in [-0.3, -0.25) is 0 Å². The van der Waals surface area contributed by atoms with E-state index in [1.54, 1.807) is 31.0 Å². The maximum absolute atomic E-state index is 2.59. The molecule has 0 radical (unpaired) electrons. The van der Waals surface area contributed by atoms with Gasteiger partial charge in [0.25, 0.3) is 0 Å². The van der Waals surface area contributed by atoms with E-state index in [1.165, 1.54) is 6.42 Å². The summed E-state index contributed by atoms with van der Waals surface area (Å²) in [6.07, 6.45) is 4.52. The third-order valence-corrected chi connectivity index (χ3v) is 7.49. The predicted molar refractivity (Wildman–Crippen MR) is 45.6 cm³/mol. The standard InChI is InChI=1S/C8H18Si/c1-3-6-9(2)7-4-5-8-9/h3-8H2,1-2H3. The van der Waals surface area contributed by atoms with Crippen molar-refractivity contribution in [3.63, 3.8) is 0 Å². The minimum Gasteiger partial charge on any atom is -0.0691 e. The van der Waals surface area contributed by atoms with Crippen molar-refractivity contribution >= 4 is 8.07 Å². The molecule has 0 aromatic rings. The average molecular weight is 142 g/mol. The van der Waals surface area contributed by atoms with Gasteiger partial charge >= 0.3 is 0 Å². The van der Waals surface area contributed by atoms with Crippen LogP contribution >= 0.6 is 0 Å². The van der Waals surface area contributed by atoms with Crippen LogP contribution in [0.3, 0.4) is 0 Å². The molecule has 0 aliphatic carbocycles. The summed E-state index contributed by atoms with van der Waals surface area (Å²) < 4.78 is 0. The van der Waals surface area contributed by atoms with Crippen LogP contribution in [-0.4, -0.2) is 8.07 Å². The molecule has 1 saturated heterocycles. The molecule has 0 atom stereocenters. The molecule has 0 unspecified atom stereocenters. The van der Waals surface area contributed by atoms with Crippen molar-refractivity contribution in [1.29, 1.82) is 0 Å². The lowest BCUT2D eigenvalue weighted by molar-refractivity contribution is 0.935. The summed E-state index contributed by atoms with van der Waals surface area (Å²) in [6, 6.07) is 4.84. The quantitative estimate of drug-likeness (QED) is 0.519. The van der Waals surface area contributed by atoms with E-state index in [0.717, 1.165) is 0 Å². The first kappa shape index (κ1) is 7.33. The SMILES string of the molecule is CCC[Si]1(C)CCCC1. The van der Waals surface area contributed by atoms with Gasteiger partial charge in [0.1, 0.15) is 0 Å². The van der Waals surface area contributed by atoms with Crippen molar-refractivity contribution in [1.82, 2.24) is 0 Å². The molecule has 0 spiro atoms. The van der Waals surface area contributed by atoms with Gasteiger partial charge in [-0.05, 0) is 0 Å². The molecule has 1 rings (SSSR count). The van der Waals surface area contributed by atoms with Crippen molar-refractivity contribution in [2.45, 2.75) is 50.9 Å². The highest BCUT2D eigenvalue weighted by molar-refractivity contribution is 6.79. The van der Waals surface area contributed by atoms with E-state index in [-0.39, 0.29) is 0 Å². The van der Waals surface area contributed by atoms with Gasteiger partial charge in [0.05, 0.1) is 8.07 Å². The van der Waals surface area contributed by atoms with E-state index >= 15 is 0 Å². The number of rotatable bonds is 2. The topological polar surface area (TPSA) is 0 Å². The van der Waals surface area contributed by atoms with Crippen LogP contribution in [-0.2, 0) is 0 Å². The summed E-state index contributed by atoms with van der Waals surface area (Å²) in [5.41, 5.74) is 0. The Morgan fingerprint density at radius 2 is 1.78 bits per heavy atom. The smallest absolute Gasteiger partial charge is 0.0504 e. The van der Waals surface area contributed by atoms with Gasteiger partial charge in [0.15, 0.2) is 0 Å². The van der Waals surface area contributed by atoms with Crippen molar-refractivity contribution in [3.05, 3.63) is 0 Å². The molecular formula is C8H18Si. The van der Waals surface area contributed by atoms with Crippen LogP contribution < -0.4 is 0 Å². The van der Waals surface area contributed by atoms with E-state index in [9.17, 15) is 0 Å². The van der Waals surface area contributed by atoms with Crippen molar-refractivity contribution < 1.29 is 0 Å². The van der Waals surface area contributed by atoms with E-state index in [2.05, 4.69) is 13.5 Å². The summed E-state index contributed by atoms with van der Waals surface area (Å²) >= 11 is 0. The molecule has 0 nitrogen and oxygen atoms in total. The minimum atomic E-state index is -0.586. The highest BCUT2D eigenvalue weighted by Gasteiger charge is 2.29. The van der Waals surface area contributed by atoms with Crippen LogP contribution in [0.4, 0.5) is 0 Å². The maximum Gasteiger partial charge on any atom is 0.0504 e. The minimum absolute atomic E-state index is 0.586. The second-order valence-electron chi connectivity index (χ2n) is 3.77. The van der Waals surface area contributed by atoms with E-state index in [0.29, 0.717) is 0 Å². The maximum atomic E-state index is 2.59. The Labute approximate surface area is 59.7 Å². The predicted octanol–water partition coefficient (Wildman–Crippen LogP) is 3.27. The third-order valence-electron chi connectivity index (χ3n) is 2.66. The molecule has 1 fully saturated rings. The van der Waals surface area contributed by atoms with Gasteiger partial charge < -0.3 is 0 Å². The molecule has 1 aliphatic heterocycles. The highest BCUT2D eigenvalue weighted by Crippen LogP contribution is 2.33. The molecule has 9 heavy (non-hydrogen) atoms. The molecule has 54 valence electrons. The van der Waals surface area contributed by atoms with Gasteiger partial charge in [-0.15, -0.1) is 0 Å². The Hall–Kier alpha value is 0.217. The summed E-state index contributed by atoms with van der Waals surface area (Å²) in [7, 11) is -0.586. The van der Waals surface area contributed by atoms with E-state index < -0.39 is 8.07 Å². The normalized spacial score (nSPS) is 24.7. The van der Waals surface area contributed by atoms with Crippen LogP contribution in [0.15, 0.2) is 0 Å². The molecule has 1 heteroatoms. The number of hydrogen-bond donors (Lipinski definition) is 0. The summed E-state index contributed by atoms with van der Waals surface area (Å²) in [4.78, 5) is 0. The van der Waals surface area contributed by atoms with Crippen molar-refractivity contribution in [2.24, 2.45) is 0 Å². The molecule has 0 amide bonds. The van der Waals surface area contributed by atoms with Gasteiger partial charge in [-0.25, -0.2) is 0 Å². The van der Waals surface area contributed by atoms with Crippen LogP contribution in [0.2, 0.25) is 24.7 Å². The third kappa shape index (κ3) is 1.82. The fraction of sp³-hybridized carbons (Fsp3) is 1.00. The summed E-state index contributed by atoms with van der Waals surface area (Å²) in [5, 5.41) is 0. The summed E-state index contributed by atoms with van der Waals surface area (Å²) in [5.74, 6) is 0. The Kier molecular flexibility index (Phi) is 2.33. The second-order valence-corrected chi connectivity index (χ2v) is 8.89. The lowest BCUT2D eigenvalue weighted by Gasteiger charge is -2.18. The van der Waals surface area contributed by atoms with E-state index in [1.807, 2.05) is 0 Å². The monoisotopic (exact) mass is 142 g/mol. The average Bonchev–Trinajstić information content (AvgIpc) is 2.16. The van der Waals surface area contributed by atoms with Gasteiger partial charge in [-0.1, -0.05) is 50.9 Å². The zero-order valence-electron chi connectivity index (χ0n) is 6.74. The Morgan fingerprint density at radius 1 is 1.22 bits per heavy atom. The first-order chi connectivity index (χ1) is 4.27. The lowest BCUT2D eigenvalue weighted by Crippen LogP contribution is -2.23. The molecular weight excluding hydrogens is 124 g/mol. The molecule has 1 aliphatic rings. The van der Waals surface area contributed by atoms with Gasteiger partial charge in [-0.2, -0.15) is 0 Å². The molecule has 0 aromatic heterocycles. The van der Waals surface area contributed by atoms with Crippen LogP contribution in [0, 0.1) is 0 Å². The number of hydrogen-bond acceptors (Lipinski definition) is 0. The fourth-order valence-electron chi connectivity index (χ4n) is 2.08. The fourth-order valence-corrected chi connectivity index (χ4v) is 6.25. The largest absolute Gasteiger partial charge is 0.0691 e. The Bertz CT molecular complexity index is 82.6. The zero-order valence-corrected chi connectivity index (χ0v) is 7.74. The van der Waals surface area contributed by atoms with Gasteiger partial charge in [0, 0.05) is 0 Å². The molecule has 0 bridgehead atoms. The Balaban J connectivity index is 2.32. The summed E-state index contributed by atoms with van der Waals surface area (Å²) in [6.45, 7) is 4.92. The molecule has 1 heterocycles. The second kappa shape index (κ2) is 2.87.